The normalized spacial score (nSPS) is 21.6. The van der Waals surface area contributed by atoms with Gasteiger partial charge in [0.25, 0.3) is 0 Å². The third-order valence-corrected chi connectivity index (χ3v) is 6.68. The van der Waals surface area contributed by atoms with Crippen LogP contribution in [0.5, 0.6) is 0 Å². The monoisotopic (exact) mass is 305 g/mol. The molecule has 20 heavy (non-hydrogen) atoms. The molecule has 5 nitrogen and oxygen atoms in total. The van der Waals surface area contributed by atoms with Crippen molar-refractivity contribution in [2.24, 2.45) is 5.73 Å². The SMILES string of the molecule is CCC(CCN)N1CCCN(S(=O)(=O)C(C)(C)C)CC1. The maximum atomic E-state index is 12.5. The van der Waals surface area contributed by atoms with Crippen LogP contribution in [0.3, 0.4) is 0 Å². The Morgan fingerprint density at radius 1 is 1.15 bits per heavy atom. The lowest BCUT2D eigenvalue weighted by molar-refractivity contribution is 0.192. The number of nitrogens with two attached hydrogens (primary N) is 1. The molecule has 1 aliphatic heterocycles. The van der Waals surface area contributed by atoms with Crippen molar-refractivity contribution in [2.45, 2.75) is 57.7 Å². The van der Waals surface area contributed by atoms with Gasteiger partial charge in [-0.3, -0.25) is 4.90 Å². The number of nitrogens with zero attached hydrogens (tertiary/aromatic N) is 2. The lowest BCUT2D eigenvalue weighted by Gasteiger charge is -2.31. The molecule has 1 atom stereocenters. The van der Waals surface area contributed by atoms with Crippen LogP contribution in [-0.2, 0) is 10.0 Å². The van der Waals surface area contributed by atoms with E-state index in [1.165, 1.54) is 0 Å². The molecular formula is C14H31N3O2S. The quantitative estimate of drug-likeness (QED) is 0.830. The van der Waals surface area contributed by atoms with Gasteiger partial charge in [-0.05, 0) is 53.1 Å². The third kappa shape index (κ3) is 4.16. The first-order valence-corrected chi connectivity index (χ1v) is 9.12. The zero-order valence-corrected chi connectivity index (χ0v) is 14.2. The van der Waals surface area contributed by atoms with Crippen molar-refractivity contribution in [3.05, 3.63) is 0 Å². The molecule has 0 aromatic rings. The summed E-state index contributed by atoms with van der Waals surface area (Å²) in [5.41, 5.74) is 5.67. The van der Waals surface area contributed by atoms with E-state index in [1.807, 2.05) is 0 Å². The predicted octanol–water partition coefficient (Wildman–Crippen LogP) is 1.25. The van der Waals surface area contributed by atoms with Crippen molar-refractivity contribution >= 4 is 10.0 Å². The first-order valence-electron chi connectivity index (χ1n) is 7.67. The maximum Gasteiger partial charge on any atom is 0.219 e. The van der Waals surface area contributed by atoms with E-state index in [4.69, 9.17) is 5.73 Å². The summed E-state index contributed by atoms with van der Waals surface area (Å²) in [4.78, 5) is 2.41. The van der Waals surface area contributed by atoms with E-state index in [-0.39, 0.29) is 0 Å². The van der Waals surface area contributed by atoms with E-state index < -0.39 is 14.8 Å². The molecule has 2 N–H and O–H groups in total. The van der Waals surface area contributed by atoms with Gasteiger partial charge in [0, 0.05) is 25.7 Å². The maximum absolute atomic E-state index is 12.5. The molecule has 1 unspecified atom stereocenters. The van der Waals surface area contributed by atoms with Crippen molar-refractivity contribution in [2.75, 3.05) is 32.7 Å². The Morgan fingerprint density at radius 2 is 1.80 bits per heavy atom. The summed E-state index contributed by atoms with van der Waals surface area (Å²) in [5.74, 6) is 0. The van der Waals surface area contributed by atoms with Crippen molar-refractivity contribution in [3.63, 3.8) is 0 Å². The fraction of sp³-hybridized carbons (Fsp3) is 1.00. The Kier molecular flexibility index (Phi) is 6.44. The van der Waals surface area contributed by atoms with E-state index in [2.05, 4.69) is 11.8 Å². The molecule has 120 valence electrons. The molecule has 0 spiro atoms. The molecule has 0 bridgehead atoms. The Hall–Kier alpha value is -0.170. The highest BCUT2D eigenvalue weighted by atomic mass is 32.2. The molecule has 0 aliphatic carbocycles. The van der Waals surface area contributed by atoms with Gasteiger partial charge >= 0.3 is 0 Å². The fourth-order valence-electron chi connectivity index (χ4n) is 2.74. The van der Waals surface area contributed by atoms with Crippen LogP contribution < -0.4 is 5.73 Å². The lowest BCUT2D eigenvalue weighted by Crippen LogP contribution is -2.45. The number of sulfonamides is 1. The molecule has 1 heterocycles. The van der Waals surface area contributed by atoms with Crippen molar-refractivity contribution < 1.29 is 8.42 Å². The summed E-state index contributed by atoms with van der Waals surface area (Å²) in [7, 11) is -3.21. The van der Waals surface area contributed by atoms with E-state index in [1.54, 1.807) is 25.1 Å². The Bertz CT molecular complexity index is 390. The van der Waals surface area contributed by atoms with Gasteiger partial charge in [0.2, 0.25) is 10.0 Å². The van der Waals surface area contributed by atoms with Gasteiger partial charge in [-0.1, -0.05) is 6.92 Å². The average molecular weight is 305 g/mol. The largest absolute Gasteiger partial charge is 0.330 e. The standard InChI is InChI=1S/C14H31N3O2S/c1-5-13(7-8-15)16-9-6-10-17(12-11-16)20(18,19)14(2,3)4/h13H,5-12,15H2,1-4H3. The van der Waals surface area contributed by atoms with Gasteiger partial charge in [0.15, 0.2) is 0 Å². The minimum Gasteiger partial charge on any atom is -0.330 e. The Labute approximate surface area is 124 Å². The molecule has 6 heteroatoms. The number of hydrogen-bond acceptors (Lipinski definition) is 4. The van der Waals surface area contributed by atoms with E-state index >= 15 is 0 Å². The summed E-state index contributed by atoms with van der Waals surface area (Å²) in [6.45, 7) is 11.2. The second-order valence-corrected chi connectivity index (χ2v) is 9.24. The van der Waals surface area contributed by atoms with Crippen LogP contribution in [0.2, 0.25) is 0 Å². The molecule has 0 aromatic heterocycles. The van der Waals surface area contributed by atoms with E-state index in [0.29, 0.717) is 25.7 Å². The highest BCUT2D eigenvalue weighted by Gasteiger charge is 2.36. The smallest absolute Gasteiger partial charge is 0.219 e. The summed E-state index contributed by atoms with van der Waals surface area (Å²) >= 11 is 0. The van der Waals surface area contributed by atoms with Gasteiger partial charge in [-0.25, -0.2) is 12.7 Å². The summed E-state index contributed by atoms with van der Waals surface area (Å²) in [6, 6.07) is 0.484. The van der Waals surface area contributed by atoms with Crippen LogP contribution in [0.15, 0.2) is 0 Å². The highest BCUT2D eigenvalue weighted by molar-refractivity contribution is 7.90. The molecule has 0 saturated carbocycles. The molecule has 0 aromatic carbocycles. The second kappa shape index (κ2) is 7.20. The molecule has 1 aliphatic rings. The van der Waals surface area contributed by atoms with E-state index in [9.17, 15) is 8.42 Å². The van der Waals surface area contributed by atoms with Crippen molar-refractivity contribution in [1.82, 2.24) is 9.21 Å². The molecular weight excluding hydrogens is 274 g/mol. The van der Waals surface area contributed by atoms with Crippen LogP contribution in [0.25, 0.3) is 0 Å². The summed E-state index contributed by atoms with van der Waals surface area (Å²) in [6.07, 6.45) is 2.96. The highest BCUT2D eigenvalue weighted by Crippen LogP contribution is 2.22. The van der Waals surface area contributed by atoms with Gasteiger partial charge in [0.05, 0.1) is 4.75 Å². The van der Waals surface area contributed by atoms with Crippen molar-refractivity contribution in [3.8, 4) is 0 Å². The second-order valence-electron chi connectivity index (χ2n) is 6.55. The molecule has 1 fully saturated rings. The van der Waals surface area contributed by atoms with Crippen LogP contribution in [0, 0.1) is 0 Å². The number of rotatable bonds is 5. The topological polar surface area (TPSA) is 66.6 Å². The minimum atomic E-state index is -3.21. The van der Waals surface area contributed by atoms with Crippen LogP contribution >= 0.6 is 0 Å². The minimum absolute atomic E-state index is 0.484. The van der Waals surface area contributed by atoms with Crippen LogP contribution in [-0.4, -0.2) is 61.1 Å². The van der Waals surface area contributed by atoms with Crippen molar-refractivity contribution in [1.29, 1.82) is 0 Å². The molecule has 0 amide bonds. The van der Waals surface area contributed by atoms with Gasteiger partial charge < -0.3 is 5.73 Å². The first-order chi connectivity index (χ1) is 9.24. The van der Waals surface area contributed by atoms with Crippen LogP contribution in [0.4, 0.5) is 0 Å². The Balaban J connectivity index is 2.73. The third-order valence-electron chi connectivity index (χ3n) is 4.09. The lowest BCUT2D eigenvalue weighted by atomic mass is 10.1. The van der Waals surface area contributed by atoms with Gasteiger partial charge in [-0.15, -0.1) is 0 Å². The first kappa shape index (κ1) is 17.9. The summed E-state index contributed by atoms with van der Waals surface area (Å²) in [5, 5.41) is 0. The fourth-order valence-corrected chi connectivity index (χ4v) is 4.21. The predicted molar refractivity (Wildman–Crippen MR) is 84.2 cm³/mol. The van der Waals surface area contributed by atoms with Gasteiger partial charge in [-0.2, -0.15) is 0 Å². The Morgan fingerprint density at radius 3 is 2.30 bits per heavy atom. The number of hydrogen-bond donors (Lipinski definition) is 1. The average Bonchev–Trinajstić information content (AvgIpc) is 2.60. The molecule has 1 rings (SSSR count). The van der Waals surface area contributed by atoms with Gasteiger partial charge in [0.1, 0.15) is 0 Å². The summed E-state index contributed by atoms with van der Waals surface area (Å²) < 4.78 is 26.0. The zero-order valence-electron chi connectivity index (χ0n) is 13.4. The molecule has 0 radical (unpaired) electrons. The van der Waals surface area contributed by atoms with Crippen LogP contribution in [0.1, 0.15) is 47.0 Å². The van der Waals surface area contributed by atoms with E-state index in [0.717, 1.165) is 32.4 Å². The zero-order chi connectivity index (χ0) is 15.4. The molecule has 1 saturated heterocycles.